The van der Waals surface area contributed by atoms with Crippen LogP contribution in [0, 0.1) is 0 Å². The van der Waals surface area contributed by atoms with E-state index in [9.17, 15) is 28.8 Å². The van der Waals surface area contributed by atoms with Gasteiger partial charge in [-0.2, -0.15) is 11.8 Å². The molecule has 15 aromatic heterocycles. The minimum Gasteiger partial charge on any atom is -0.461 e. The van der Waals surface area contributed by atoms with Gasteiger partial charge in [0.1, 0.15) is 6.04 Å². The number of primary amides is 1. The molecule has 0 spiro atoms. The first-order valence-corrected chi connectivity index (χ1v) is 41.7. The molecule has 0 bridgehead atoms. The number of rotatable bonds is 19. The molecule has 3 aliphatic heterocycles. The lowest BCUT2D eigenvalue weighted by atomic mass is 10.1. The van der Waals surface area contributed by atoms with Crippen molar-refractivity contribution in [3.05, 3.63) is 253 Å². The molecule has 20 rings (SSSR count). The van der Waals surface area contributed by atoms with Gasteiger partial charge in [0.25, 0.3) is 29.5 Å². The van der Waals surface area contributed by atoms with Crippen LogP contribution in [0.4, 0.5) is 28.4 Å². The minimum atomic E-state index is -0.584. The van der Waals surface area contributed by atoms with Crippen molar-refractivity contribution in [3.8, 4) is 57.9 Å². The Morgan fingerprint density at radius 1 is 0.433 bits per heavy atom. The lowest BCUT2D eigenvalue weighted by molar-refractivity contribution is -0.121. The number of ether oxygens (including phenoxy) is 1. The van der Waals surface area contributed by atoms with E-state index in [1.54, 1.807) is 169 Å². The number of fused-ring (bicyclic) bond motifs is 5. The average molecular weight is 1730 g/mol. The second kappa shape index (κ2) is 37.8. The number of aromatic nitrogens is 15. The number of nitrogen functional groups attached to an aromatic ring is 5. The van der Waals surface area contributed by atoms with Crippen LogP contribution >= 0.6 is 11.8 Å². The molecule has 3 aliphatic rings. The number of pyridine rings is 5. The van der Waals surface area contributed by atoms with E-state index in [0.717, 1.165) is 68.0 Å². The predicted octanol–water partition coefficient (Wildman–Crippen LogP) is 10.7. The molecule has 0 radical (unpaired) electrons. The molecule has 38 nitrogen and oxygen atoms in total. The van der Waals surface area contributed by atoms with Gasteiger partial charge in [-0.25, -0.2) is 47.5 Å². The number of thioether (sulfide) groups is 1. The Kier molecular flexibility index (Phi) is 25.2. The number of hydrogen-bond acceptors (Lipinski definition) is 28. The van der Waals surface area contributed by atoms with Gasteiger partial charge in [0, 0.05) is 102 Å². The molecule has 648 valence electrons. The zero-order valence-corrected chi connectivity index (χ0v) is 70.0. The molecule has 18 heterocycles. The monoisotopic (exact) mass is 1730 g/mol. The summed E-state index contributed by atoms with van der Waals surface area (Å²) >= 11 is 1.86. The highest BCUT2D eigenvalue weighted by Crippen LogP contribution is 2.31. The Bertz CT molecular complexity index is 6680. The fraction of sp³-hybridized carbons (Fsp3) is 0.227. The quantitative estimate of drug-likeness (QED) is 0.0438. The number of nitrogens with zero attached hydrogens (tertiary/aromatic N) is 20. The van der Waals surface area contributed by atoms with E-state index in [0.29, 0.717) is 182 Å². The van der Waals surface area contributed by atoms with Crippen molar-refractivity contribution < 1.29 is 55.6 Å². The molecule has 127 heavy (non-hydrogen) atoms. The Labute approximate surface area is 727 Å². The maximum absolute atomic E-state index is 13.6. The van der Waals surface area contributed by atoms with Gasteiger partial charge in [0.15, 0.2) is 57.0 Å². The first kappa shape index (κ1) is 84.7. The standard InChI is InChI=1S/C25H21N5O2.C17H19N5O3.C16H16N6O3.C15H15N5O2S.C15H17N5O2/c26-21-14-20(17-30-24(21)27-23(28-30)22-12-7-13-32-22)25(31)29(15-18-8-3-1-4-9-18)16-19-10-5-2-6-11-19;1-24-10-12-4-2-6-21(12)17(23)11-8-13(18)16-19-15(20-22(16)9-11)14-5-3-7-25-14;17-10-7-9(16(24)21-5-1-3-11(21)13(18)23)8-22-15(10)19-14(20-22)12-4-2-6-25-12;16-11-8-10(15(21)19-3-6-23-7-4-19)9-20-14(11)17-13(18-20)12-2-1-5-22-12;1-3-6-19(2)15(21)10-8-11(16)14-17-13(18-20(14)9-10)12-5-4-7-22-12/h1-14,17H,15-16,26H2;3,5,7-9,12H,2,4,6,10,18H2,1H3;2,4,6-8,11H,1,3,5,17H2,(H2,18,23);1-2,5,8-9H,3-4,6-7,16H2;4-5,7-9H,3,6,16H2,1-2H3/t;12-;11-;;/m.11../s1. The number of likely N-dealkylation sites (tertiary alicyclic amines) is 2. The van der Waals surface area contributed by atoms with Crippen molar-refractivity contribution in [2.75, 3.05) is 93.7 Å². The van der Waals surface area contributed by atoms with Crippen molar-refractivity contribution in [2.24, 2.45) is 5.73 Å². The summed E-state index contributed by atoms with van der Waals surface area (Å²) in [7, 11) is 3.42. The Morgan fingerprint density at radius 2 is 0.772 bits per heavy atom. The SMILES string of the molecule is CCCN(C)C(=O)c1cc(N)c2nc(-c3ccco3)nn2c1.COC[C@H]1CCCN1C(=O)c1cc(N)c2nc(-c3ccco3)nn2c1.NC(=O)[C@H]1CCCN1C(=O)c1cc(N)c2nc(-c3ccco3)nn2c1.Nc1cc(C(=O)N(Cc2ccccc2)Cc2ccccc2)cn2nc(-c3ccco3)nc12.Nc1cc(C(=O)N2CCSCC2)cn2nc(-c3ccco3)nc12. The third-order valence-corrected chi connectivity index (χ3v) is 22.0. The number of methoxy groups -OCH3 is 1. The summed E-state index contributed by atoms with van der Waals surface area (Å²) in [4.78, 5) is 106. The first-order chi connectivity index (χ1) is 61.7. The molecule has 2 atom stereocenters. The summed E-state index contributed by atoms with van der Waals surface area (Å²) < 4.78 is 39.4. The van der Waals surface area contributed by atoms with Gasteiger partial charge < -0.3 is 85.7 Å². The lowest BCUT2D eigenvalue weighted by Gasteiger charge is -2.26. The molecule has 6 amide bonds. The van der Waals surface area contributed by atoms with Crippen LogP contribution in [0.3, 0.4) is 0 Å². The number of furan rings is 5. The molecule has 39 heteroatoms. The van der Waals surface area contributed by atoms with Crippen LogP contribution in [0.5, 0.6) is 0 Å². The van der Waals surface area contributed by atoms with Crippen LogP contribution in [0.2, 0.25) is 0 Å². The van der Waals surface area contributed by atoms with Crippen molar-refractivity contribution >= 4 is 104 Å². The number of anilines is 5. The molecular weight excluding hydrogens is 1650 g/mol. The van der Waals surface area contributed by atoms with E-state index in [2.05, 4.69) is 50.4 Å². The van der Waals surface area contributed by atoms with Crippen molar-refractivity contribution in [1.82, 2.24) is 97.5 Å². The molecular formula is C88H88N26O12S. The molecule has 0 saturated carbocycles. The zero-order valence-electron chi connectivity index (χ0n) is 69.2. The molecule has 17 aromatic rings. The highest BCUT2D eigenvalue weighted by molar-refractivity contribution is 7.99. The van der Waals surface area contributed by atoms with E-state index in [1.807, 2.05) is 89.1 Å². The van der Waals surface area contributed by atoms with Gasteiger partial charge in [-0.3, -0.25) is 28.8 Å². The summed E-state index contributed by atoms with van der Waals surface area (Å²) in [6.07, 6.45) is 20.1. The summed E-state index contributed by atoms with van der Waals surface area (Å²) in [5.74, 6) is 5.63. The maximum atomic E-state index is 13.6. The maximum Gasteiger partial charge on any atom is 0.256 e. The summed E-state index contributed by atoms with van der Waals surface area (Å²) in [5.41, 5.74) is 44.5. The molecule has 3 fully saturated rings. The average Bonchev–Trinajstić information content (AvgIpc) is 1.67. The first-order valence-electron chi connectivity index (χ1n) is 40.6. The van der Waals surface area contributed by atoms with Crippen LogP contribution in [0.15, 0.2) is 236 Å². The van der Waals surface area contributed by atoms with Crippen molar-refractivity contribution in [3.63, 3.8) is 0 Å². The highest BCUT2D eigenvalue weighted by atomic mass is 32.2. The number of amides is 6. The number of carbonyl (C=O) groups is 6. The third kappa shape index (κ3) is 18.9. The normalized spacial score (nSPS) is 14.3. The molecule has 12 N–H and O–H groups in total. The Morgan fingerprint density at radius 3 is 1.13 bits per heavy atom. The minimum absolute atomic E-state index is 0.0195. The molecule has 3 saturated heterocycles. The molecule has 2 aromatic carbocycles. The van der Waals surface area contributed by atoms with E-state index < -0.39 is 11.9 Å². The molecule has 0 aliphatic carbocycles. The van der Waals surface area contributed by atoms with Gasteiger partial charge >= 0.3 is 0 Å². The topological polar surface area (TPSA) is 501 Å². The van der Waals surface area contributed by atoms with Gasteiger partial charge in [-0.1, -0.05) is 67.6 Å². The smallest absolute Gasteiger partial charge is 0.256 e. The van der Waals surface area contributed by atoms with Crippen molar-refractivity contribution in [1.29, 1.82) is 0 Å². The highest BCUT2D eigenvalue weighted by Gasteiger charge is 2.35. The largest absolute Gasteiger partial charge is 0.461 e. The van der Waals surface area contributed by atoms with Gasteiger partial charge in [-0.15, -0.1) is 25.5 Å². The van der Waals surface area contributed by atoms with E-state index >= 15 is 0 Å². The van der Waals surface area contributed by atoms with Crippen LogP contribution in [0.25, 0.3) is 86.2 Å². The van der Waals surface area contributed by atoms with Crippen LogP contribution < -0.4 is 34.4 Å². The fourth-order valence-electron chi connectivity index (χ4n) is 14.9. The van der Waals surface area contributed by atoms with Gasteiger partial charge in [-0.05, 0) is 134 Å². The number of hydrogen-bond donors (Lipinski definition) is 6. The number of carbonyl (C=O) groups excluding carboxylic acids is 6. The van der Waals surface area contributed by atoms with E-state index in [-0.39, 0.29) is 35.6 Å². The second-order valence-corrected chi connectivity index (χ2v) is 31.1. The van der Waals surface area contributed by atoms with Crippen molar-refractivity contribution in [2.45, 2.75) is 64.2 Å². The van der Waals surface area contributed by atoms with Crippen LogP contribution in [0.1, 0.15) is 102 Å². The summed E-state index contributed by atoms with van der Waals surface area (Å²) in [6, 6.07) is 45.1. The lowest BCUT2D eigenvalue weighted by Crippen LogP contribution is -2.43. The van der Waals surface area contributed by atoms with E-state index in [4.69, 9.17) is 61.2 Å². The van der Waals surface area contributed by atoms with Crippen LogP contribution in [-0.4, -0.2) is 210 Å². The molecule has 0 unspecified atom stereocenters. The van der Waals surface area contributed by atoms with Crippen LogP contribution in [-0.2, 0) is 22.6 Å². The number of nitrogens with two attached hydrogens (primary N) is 6. The third-order valence-electron chi connectivity index (χ3n) is 21.0. The van der Waals surface area contributed by atoms with Gasteiger partial charge in [0.2, 0.25) is 35.0 Å². The summed E-state index contributed by atoms with van der Waals surface area (Å²) in [5, 5.41) is 21.8. The zero-order chi connectivity index (χ0) is 88.4. The Balaban J connectivity index is 0.000000117. The summed E-state index contributed by atoms with van der Waals surface area (Å²) in [6.45, 7) is 6.92. The Hall–Kier alpha value is -15.9. The van der Waals surface area contributed by atoms with E-state index in [1.165, 1.54) is 35.3 Å². The fourth-order valence-corrected chi connectivity index (χ4v) is 15.8. The predicted molar refractivity (Wildman–Crippen MR) is 472 cm³/mol. The number of benzene rings is 2. The van der Waals surface area contributed by atoms with Gasteiger partial charge in [0.05, 0.1) is 100 Å². The second-order valence-electron chi connectivity index (χ2n) is 29.9.